The van der Waals surface area contributed by atoms with Crippen LogP contribution in [0.25, 0.3) is 16.6 Å². The number of piperazine rings is 1. The number of aryl methyl sites for hydroxylation is 1. The van der Waals surface area contributed by atoms with Gasteiger partial charge in [-0.25, -0.2) is 4.98 Å². The predicted octanol–water partition coefficient (Wildman–Crippen LogP) is 6.41. The van der Waals surface area contributed by atoms with E-state index >= 15 is 0 Å². The molecule has 2 aromatic carbocycles. The van der Waals surface area contributed by atoms with Crippen LogP contribution in [0.4, 0.5) is 11.5 Å². The molecule has 252 valence electrons. The van der Waals surface area contributed by atoms with E-state index in [0.29, 0.717) is 12.1 Å². The summed E-state index contributed by atoms with van der Waals surface area (Å²) >= 11 is 0. The van der Waals surface area contributed by atoms with Gasteiger partial charge in [-0.05, 0) is 120 Å². The van der Waals surface area contributed by atoms with Gasteiger partial charge in [-0.1, -0.05) is 24.3 Å². The van der Waals surface area contributed by atoms with Crippen molar-refractivity contribution >= 4 is 34.3 Å². The van der Waals surface area contributed by atoms with Gasteiger partial charge in [0.2, 0.25) is 0 Å². The average molecular weight is 698 g/mol. The van der Waals surface area contributed by atoms with Crippen LogP contribution in [0.3, 0.4) is 0 Å². The monoisotopic (exact) mass is 697 g/mol. The number of hydrogen-bond donors (Lipinski definition) is 1. The van der Waals surface area contributed by atoms with Crippen LogP contribution >= 0.6 is 0 Å². The molecule has 10 heteroatoms. The smallest absolute Gasteiger partial charge is 0.368 e. The molecule has 3 heterocycles. The fourth-order valence-corrected chi connectivity index (χ4v) is 6.39. The van der Waals surface area contributed by atoms with E-state index in [-0.39, 0.29) is 27.7 Å². The first-order chi connectivity index (χ1) is 23.6. The third-order valence-electron chi connectivity index (χ3n) is 8.83. The molecule has 0 spiro atoms. The van der Waals surface area contributed by atoms with Crippen LogP contribution in [-0.2, 0) is 17.1 Å². The van der Waals surface area contributed by atoms with Crippen molar-refractivity contribution in [1.82, 2.24) is 19.2 Å². The number of aliphatic imine (C=N–C) groups is 1. The van der Waals surface area contributed by atoms with E-state index in [4.69, 9.17) is 4.98 Å². The van der Waals surface area contributed by atoms with Crippen LogP contribution in [0, 0.1) is 80.7 Å². The number of rotatable bonds is 12. The summed E-state index contributed by atoms with van der Waals surface area (Å²) in [6, 6.07) is 15.1. The Kier molecular flexibility index (Phi) is 14.1. The van der Waals surface area contributed by atoms with E-state index < -0.39 is 0 Å². The van der Waals surface area contributed by atoms with Gasteiger partial charge in [-0.3, -0.25) is 15.1 Å². The van der Waals surface area contributed by atoms with Gasteiger partial charge in [0.05, 0.1) is 27.0 Å². The topological polar surface area (TPSA) is 91.3 Å². The summed E-state index contributed by atoms with van der Waals surface area (Å²) in [5.41, 5.74) is 6.40. The number of nitrogens with zero attached hydrogens (tertiary/aromatic N) is 6. The van der Waals surface area contributed by atoms with Gasteiger partial charge >= 0.3 is 17.1 Å². The molecule has 10 radical (unpaired) electrons. The zero-order valence-corrected chi connectivity index (χ0v) is 29.0. The molecule has 1 N–H and O–H groups in total. The number of hydrogen-bond acceptors (Lipinski definition) is 7. The summed E-state index contributed by atoms with van der Waals surface area (Å²) in [4.78, 5) is 25.3. The fraction of sp³-hybridized carbons (Fsp3) is 0.282. The second-order valence-corrected chi connectivity index (χ2v) is 12.2. The standard InChI is InChI=1S/C34H38N7O2.C5H5.Fe/c1-26-25-40-31-15-7-5-13-29(31)37-34(33(40)32(26)27-10-2-3-11-27)36-17-9-19-39-22-20-38(21-23-39)18-8-16-35-24-28-12-4-6-14-30(28)41(42)43;1-2-4-5-3-1;/h2-7,10-15,24-25H,8-9,16-23H2,1H3,(H,36,37);1-5H;/q;;+2. The van der Waals surface area contributed by atoms with Crippen molar-refractivity contribution in [2.24, 2.45) is 4.99 Å². The molecule has 49 heavy (non-hydrogen) atoms. The van der Waals surface area contributed by atoms with Crippen molar-refractivity contribution in [3.63, 3.8) is 0 Å². The molecule has 1 saturated heterocycles. The fourth-order valence-electron chi connectivity index (χ4n) is 6.39. The quantitative estimate of drug-likeness (QED) is 0.0606. The molecular weight excluding hydrogens is 654 g/mol. The normalized spacial score (nSPS) is 17.4. The van der Waals surface area contributed by atoms with Crippen molar-refractivity contribution in [2.75, 3.05) is 57.7 Å². The zero-order chi connectivity index (χ0) is 33.1. The minimum absolute atomic E-state index is 0. The maximum Gasteiger partial charge on any atom is 2.00 e. The second kappa shape index (κ2) is 18.6. The van der Waals surface area contributed by atoms with Gasteiger partial charge in [0.15, 0.2) is 5.82 Å². The van der Waals surface area contributed by atoms with E-state index in [1.165, 1.54) is 23.1 Å². The van der Waals surface area contributed by atoms with Gasteiger partial charge in [0, 0.05) is 63.7 Å². The van der Waals surface area contributed by atoms with Crippen molar-refractivity contribution in [2.45, 2.75) is 19.8 Å². The van der Waals surface area contributed by atoms with Gasteiger partial charge in [0.1, 0.15) is 0 Å². The number of nitro benzene ring substituents is 1. The third kappa shape index (κ3) is 9.69. The molecule has 2 saturated carbocycles. The van der Waals surface area contributed by atoms with Crippen LogP contribution in [0.1, 0.15) is 29.5 Å². The molecule has 7 rings (SSSR count). The third-order valence-corrected chi connectivity index (χ3v) is 8.83. The van der Waals surface area contributed by atoms with Crippen LogP contribution in [-0.4, -0.2) is 82.7 Å². The Hall–Kier alpha value is -3.30. The van der Waals surface area contributed by atoms with Gasteiger partial charge < -0.3 is 19.5 Å². The van der Waals surface area contributed by atoms with Gasteiger partial charge in [-0.2, -0.15) is 0 Å². The Morgan fingerprint density at radius 2 is 1.51 bits per heavy atom. The molecule has 3 aliphatic rings. The number of benzene rings is 2. The summed E-state index contributed by atoms with van der Waals surface area (Å²) in [6.45, 7) is 10.0. The first-order valence-corrected chi connectivity index (χ1v) is 16.8. The van der Waals surface area contributed by atoms with Crippen molar-refractivity contribution < 1.29 is 22.0 Å². The maximum atomic E-state index is 11.2. The second-order valence-electron chi connectivity index (χ2n) is 12.2. The average Bonchev–Trinajstić information content (AvgIpc) is 3.91. The summed E-state index contributed by atoms with van der Waals surface area (Å²) in [6.07, 6.45) is 24.4. The Bertz CT molecular complexity index is 1660. The molecule has 2 aliphatic carbocycles. The van der Waals surface area contributed by atoms with Crippen LogP contribution < -0.4 is 5.32 Å². The summed E-state index contributed by atoms with van der Waals surface area (Å²) < 4.78 is 2.29. The molecule has 0 unspecified atom stereocenters. The molecule has 2 aromatic heterocycles. The molecule has 3 fully saturated rings. The van der Waals surface area contributed by atoms with Gasteiger partial charge in [-0.15, -0.1) is 0 Å². The Morgan fingerprint density at radius 1 is 0.878 bits per heavy atom. The Balaban J connectivity index is 0.000000717. The minimum Gasteiger partial charge on any atom is -0.368 e. The summed E-state index contributed by atoms with van der Waals surface area (Å²) in [7, 11) is 0. The summed E-state index contributed by atoms with van der Waals surface area (Å²) in [5, 5.41) is 14.8. The molecule has 0 amide bonds. The number of nitrogens with one attached hydrogen (secondary N) is 1. The van der Waals surface area contributed by atoms with E-state index in [9.17, 15) is 10.1 Å². The maximum absolute atomic E-state index is 11.2. The van der Waals surface area contributed by atoms with Crippen LogP contribution in [0.5, 0.6) is 0 Å². The molecule has 0 atom stereocenters. The van der Waals surface area contributed by atoms with Crippen LogP contribution in [0.2, 0.25) is 0 Å². The summed E-state index contributed by atoms with van der Waals surface area (Å²) in [5.74, 6) is 2.17. The minimum atomic E-state index is -0.360. The van der Waals surface area contributed by atoms with Crippen molar-refractivity contribution in [3.05, 3.63) is 145 Å². The van der Waals surface area contributed by atoms with Crippen molar-refractivity contribution in [1.29, 1.82) is 0 Å². The predicted molar refractivity (Wildman–Crippen MR) is 195 cm³/mol. The number of anilines is 1. The number of para-hydroxylation sites is 3. The van der Waals surface area contributed by atoms with E-state index in [1.807, 2.05) is 38.2 Å². The molecular formula is C39H43FeN7O2+2. The number of nitro groups is 1. The van der Waals surface area contributed by atoms with E-state index in [2.05, 4.69) is 81.5 Å². The number of fused-ring (bicyclic) bond motifs is 3. The SMILES string of the molecule is Cc1cn2c(c(NCCCN3CCN(CCCN=Cc4ccccc4[N+](=O)[O-])CC3)nc3ccccc32)c1[C]1[CH][CH][CH][CH]1.[CH]1[CH][CH][CH][CH]1.[Fe+2]. The molecule has 1 aliphatic heterocycles. The number of aromatic nitrogens is 2. The van der Waals surface area contributed by atoms with E-state index in [0.717, 1.165) is 81.0 Å². The zero-order valence-electron chi connectivity index (χ0n) is 27.9. The molecule has 0 bridgehead atoms. The first kappa shape index (κ1) is 37.0. The first-order valence-electron chi connectivity index (χ1n) is 16.8. The molecule has 9 nitrogen and oxygen atoms in total. The van der Waals surface area contributed by atoms with Crippen molar-refractivity contribution in [3.8, 4) is 0 Å². The van der Waals surface area contributed by atoms with Gasteiger partial charge in [0.25, 0.3) is 5.69 Å². The largest absolute Gasteiger partial charge is 2.00 e. The van der Waals surface area contributed by atoms with Crippen LogP contribution in [0.15, 0.2) is 59.7 Å². The Labute approximate surface area is 302 Å². The molecule has 4 aromatic rings. The van der Waals surface area contributed by atoms with E-state index in [1.54, 1.807) is 24.4 Å². The Morgan fingerprint density at radius 3 is 2.20 bits per heavy atom.